The third-order valence-electron chi connectivity index (χ3n) is 4.16. The van der Waals surface area contributed by atoms with E-state index in [1.54, 1.807) is 4.90 Å². The van der Waals surface area contributed by atoms with Crippen molar-refractivity contribution in [3.8, 4) is 0 Å². The predicted octanol–water partition coefficient (Wildman–Crippen LogP) is 3.06. The van der Waals surface area contributed by atoms with Gasteiger partial charge in [-0.1, -0.05) is 0 Å². The number of halogens is 1. The molecule has 0 saturated carbocycles. The normalized spacial score (nSPS) is 18.0. The Balaban J connectivity index is 1.88. The summed E-state index contributed by atoms with van der Waals surface area (Å²) < 4.78 is 18.2. The van der Waals surface area contributed by atoms with Gasteiger partial charge in [-0.2, -0.15) is 0 Å². The number of amides is 1. The Morgan fingerprint density at radius 3 is 2.74 bits per heavy atom. The van der Waals surface area contributed by atoms with Crippen LogP contribution in [0, 0.1) is 11.7 Å². The molecule has 5 heteroatoms. The second-order valence-electron chi connectivity index (χ2n) is 5.85. The molecule has 0 aliphatic carbocycles. The van der Waals surface area contributed by atoms with Crippen LogP contribution in [-0.2, 0) is 9.53 Å². The van der Waals surface area contributed by atoms with Crippen molar-refractivity contribution in [1.82, 2.24) is 4.90 Å². The van der Waals surface area contributed by atoms with E-state index in [4.69, 9.17) is 4.74 Å². The van der Waals surface area contributed by atoms with Gasteiger partial charge in [-0.05, 0) is 50.5 Å². The van der Waals surface area contributed by atoms with E-state index in [0.29, 0.717) is 44.7 Å². The highest BCUT2D eigenvalue weighted by Crippen LogP contribution is 2.22. The molecule has 0 aromatic heterocycles. The molecule has 23 heavy (non-hydrogen) atoms. The maximum atomic E-state index is 13.0. The van der Waals surface area contributed by atoms with E-state index >= 15 is 0 Å². The standard InChI is InChI=1S/C18H24FNO3/c1-2-23-12-4-6-17(21)20-11-3-5-15(13-20)18(22)14-7-9-16(19)10-8-14/h7-10,15H,2-6,11-13H2,1H3/t15-/m1/s1. The Kier molecular flexibility index (Phi) is 6.71. The van der Waals surface area contributed by atoms with Gasteiger partial charge in [0.2, 0.25) is 5.91 Å². The van der Waals surface area contributed by atoms with E-state index in [9.17, 15) is 14.0 Å². The number of benzene rings is 1. The Labute approximate surface area is 136 Å². The van der Waals surface area contributed by atoms with Gasteiger partial charge in [-0.3, -0.25) is 9.59 Å². The molecular formula is C18H24FNO3. The molecule has 1 saturated heterocycles. The number of Topliss-reactive ketones (excluding diaryl/α,β-unsaturated/α-hetero) is 1. The fourth-order valence-corrected chi connectivity index (χ4v) is 2.90. The summed E-state index contributed by atoms with van der Waals surface area (Å²) in [5.41, 5.74) is 0.516. The highest BCUT2D eigenvalue weighted by Gasteiger charge is 2.28. The fourth-order valence-electron chi connectivity index (χ4n) is 2.90. The smallest absolute Gasteiger partial charge is 0.222 e. The molecule has 0 unspecified atom stereocenters. The van der Waals surface area contributed by atoms with Crippen LogP contribution in [0.1, 0.15) is 43.0 Å². The van der Waals surface area contributed by atoms with Crippen LogP contribution in [0.3, 0.4) is 0 Å². The molecular weight excluding hydrogens is 297 g/mol. The first kappa shape index (κ1) is 17.6. The largest absolute Gasteiger partial charge is 0.382 e. The predicted molar refractivity (Wildman–Crippen MR) is 85.8 cm³/mol. The monoisotopic (exact) mass is 321 g/mol. The first-order chi connectivity index (χ1) is 11.1. The molecule has 2 rings (SSSR count). The topological polar surface area (TPSA) is 46.6 Å². The van der Waals surface area contributed by atoms with Crippen molar-refractivity contribution < 1.29 is 18.7 Å². The van der Waals surface area contributed by atoms with Gasteiger partial charge in [0.05, 0.1) is 0 Å². The highest BCUT2D eigenvalue weighted by atomic mass is 19.1. The first-order valence-corrected chi connectivity index (χ1v) is 8.27. The van der Waals surface area contributed by atoms with Crippen LogP contribution in [0.2, 0.25) is 0 Å². The van der Waals surface area contributed by atoms with Gasteiger partial charge >= 0.3 is 0 Å². The number of rotatable bonds is 7. The summed E-state index contributed by atoms with van der Waals surface area (Å²) in [6, 6.07) is 5.63. The van der Waals surface area contributed by atoms with Crippen LogP contribution in [0.4, 0.5) is 4.39 Å². The lowest BCUT2D eigenvalue weighted by Gasteiger charge is -2.32. The van der Waals surface area contributed by atoms with Crippen LogP contribution in [0.25, 0.3) is 0 Å². The summed E-state index contributed by atoms with van der Waals surface area (Å²) in [7, 11) is 0. The fraction of sp³-hybridized carbons (Fsp3) is 0.556. The number of likely N-dealkylation sites (tertiary alicyclic amines) is 1. The summed E-state index contributed by atoms with van der Waals surface area (Å²) in [4.78, 5) is 26.5. The van der Waals surface area contributed by atoms with E-state index in [-0.39, 0.29) is 23.4 Å². The molecule has 0 N–H and O–H groups in total. The molecule has 0 spiro atoms. The maximum absolute atomic E-state index is 13.0. The number of nitrogens with zero attached hydrogens (tertiary/aromatic N) is 1. The van der Waals surface area contributed by atoms with E-state index in [1.165, 1.54) is 24.3 Å². The van der Waals surface area contributed by atoms with Gasteiger partial charge in [0.25, 0.3) is 0 Å². The Hall–Kier alpha value is -1.75. The summed E-state index contributed by atoms with van der Waals surface area (Å²) in [5, 5.41) is 0. The van der Waals surface area contributed by atoms with Gasteiger partial charge in [0.15, 0.2) is 5.78 Å². The van der Waals surface area contributed by atoms with E-state index in [1.807, 2.05) is 6.92 Å². The molecule has 0 bridgehead atoms. The van der Waals surface area contributed by atoms with Crippen molar-refractivity contribution >= 4 is 11.7 Å². The minimum atomic E-state index is -0.351. The third-order valence-corrected chi connectivity index (χ3v) is 4.16. The van der Waals surface area contributed by atoms with Crippen molar-refractivity contribution in [2.24, 2.45) is 5.92 Å². The lowest BCUT2D eigenvalue weighted by atomic mass is 9.90. The lowest BCUT2D eigenvalue weighted by Crippen LogP contribution is -2.42. The molecule has 4 nitrogen and oxygen atoms in total. The average Bonchev–Trinajstić information content (AvgIpc) is 2.59. The number of hydrogen-bond acceptors (Lipinski definition) is 3. The average molecular weight is 321 g/mol. The van der Waals surface area contributed by atoms with Crippen molar-refractivity contribution in [3.63, 3.8) is 0 Å². The summed E-state index contributed by atoms with van der Waals surface area (Å²) in [6.07, 6.45) is 2.77. The molecule has 0 radical (unpaired) electrons. The van der Waals surface area contributed by atoms with Gasteiger partial charge < -0.3 is 9.64 Å². The van der Waals surface area contributed by atoms with Gasteiger partial charge in [-0.15, -0.1) is 0 Å². The number of carbonyl (C=O) groups is 2. The van der Waals surface area contributed by atoms with E-state index in [0.717, 1.165) is 12.8 Å². The van der Waals surface area contributed by atoms with Crippen LogP contribution < -0.4 is 0 Å². The zero-order chi connectivity index (χ0) is 16.7. The summed E-state index contributed by atoms with van der Waals surface area (Å²) >= 11 is 0. The third kappa shape index (κ3) is 5.13. The molecule has 1 aromatic rings. The zero-order valence-corrected chi connectivity index (χ0v) is 13.6. The molecule has 1 heterocycles. The quantitative estimate of drug-likeness (QED) is 0.573. The minimum Gasteiger partial charge on any atom is -0.382 e. The second kappa shape index (κ2) is 8.77. The van der Waals surface area contributed by atoms with Crippen molar-refractivity contribution in [3.05, 3.63) is 35.6 Å². The van der Waals surface area contributed by atoms with Crippen molar-refractivity contribution in [1.29, 1.82) is 0 Å². The molecule has 1 aliphatic heterocycles. The molecule has 126 valence electrons. The van der Waals surface area contributed by atoms with Crippen LogP contribution in [0.5, 0.6) is 0 Å². The summed E-state index contributed by atoms with van der Waals surface area (Å²) in [6.45, 7) is 4.35. The lowest BCUT2D eigenvalue weighted by molar-refractivity contribution is -0.133. The maximum Gasteiger partial charge on any atom is 0.222 e. The molecule has 1 fully saturated rings. The summed E-state index contributed by atoms with van der Waals surface area (Å²) in [5.74, 6) is -0.459. The number of piperidine rings is 1. The van der Waals surface area contributed by atoms with Gasteiger partial charge in [0, 0.05) is 44.2 Å². The number of ether oxygens (including phenoxy) is 1. The number of carbonyl (C=O) groups excluding carboxylic acids is 2. The molecule has 1 aromatic carbocycles. The zero-order valence-electron chi connectivity index (χ0n) is 13.6. The Bertz CT molecular complexity index is 530. The van der Waals surface area contributed by atoms with Crippen LogP contribution in [-0.4, -0.2) is 42.9 Å². The molecule has 1 amide bonds. The number of hydrogen-bond donors (Lipinski definition) is 0. The first-order valence-electron chi connectivity index (χ1n) is 8.27. The van der Waals surface area contributed by atoms with Crippen LogP contribution in [0.15, 0.2) is 24.3 Å². The van der Waals surface area contributed by atoms with E-state index < -0.39 is 0 Å². The van der Waals surface area contributed by atoms with Gasteiger partial charge in [0.1, 0.15) is 5.82 Å². The second-order valence-corrected chi connectivity index (χ2v) is 5.85. The Morgan fingerprint density at radius 2 is 2.04 bits per heavy atom. The minimum absolute atomic E-state index is 0.00295. The Morgan fingerprint density at radius 1 is 1.30 bits per heavy atom. The van der Waals surface area contributed by atoms with Gasteiger partial charge in [-0.25, -0.2) is 4.39 Å². The highest BCUT2D eigenvalue weighted by molar-refractivity contribution is 5.98. The van der Waals surface area contributed by atoms with Crippen LogP contribution >= 0.6 is 0 Å². The van der Waals surface area contributed by atoms with E-state index in [2.05, 4.69) is 0 Å². The SMILES string of the molecule is CCOCCCC(=O)N1CCC[C@@H](C(=O)c2ccc(F)cc2)C1. The van der Waals surface area contributed by atoms with Crippen molar-refractivity contribution in [2.75, 3.05) is 26.3 Å². The number of ketones is 1. The molecule has 1 aliphatic rings. The molecule has 1 atom stereocenters. The van der Waals surface area contributed by atoms with Crippen molar-refractivity contribution in [2.45, 2.75) is 32.6 Å².